The van der Waals surface area contributed by atoms with Crippen LogP contribution in [0.4, 0.5) is 14.5 Å². The van der Waals surface area contributed by atoms with E-state index in [0.29, 0.717) is 37.6 Å². The van der Waals surface area contributed by atoms with Crippen LogP contribution in [0.1, 0.15) is 6.92 Å². The number of hydrogen-bond acceptors (Lipinski definition) is 5. The van der Waals surface area contributed by atoms with Crippen LogP contribution in [-0.4, -0.2) is 47.1 Å². The number of nitrogens with one attached hydrogen (secondary N) is 1. The van der Waals surface area contributed by atoms with Gasteiger partial charge in [0.2, 0.25) is 5.43 Å². The number of likely N-dealkylation sites (N-methyl/N-ethyl adjacent to an activating group) is 1. The van der Waals surface area contributed by atoms with Crippen LogP contribution >= 0.6 is 11.5 Å². The summed E-state index contributed by atoms with van der Waals surface area (Å²) in [4.78, 5) is 28.8. The minimum absolute atomic E-state index is 0.0458. The predicted molar refractivity (Wildman–Crippen MR) is 99.5 cm³/mol. The lowest BCUT2D eigenvalue weighted by Gasteiger charge is -2.34. The fourth-order valence-corrected chi connectivity index (χ4v) is 4.49. The Morgan fingerprint density at radius 1 is 1.19 bits per heavy atom. The van der Waals surface area contributed by atoms with E-state index in [2.05, 4.69) is 9.27 Å². The average Bonchev–Trinajstić information content (AvgIpc) is 3.00. The van der Waals surface area contributed by atoms with Gasteiger partial charge in [-0.2, -0.15) is 0 Å². The topological polar surface area (TPSA) is 61.3 Å². The van der Waals surface area contributed by atoms with Gasteiger partial charge < -0.3 is 14.4 Å². The Morgan fingerprint density at radius 3 is 2.54 bits per heavy atom. The first-order chi connectivity index (χ1) is 12.4. The molecule has 1 aromatic carbocycles. The van der Waals surface area contributed by atoms with Gasteiger partial charge in [-0.25, -0.2) is 8.78 Å². The van der Waals surface area contributed by atoms with E-state index >= 15 is 4.39 Å². The molecule has 0 bridgehead atoms. The molecule has 0 aliphatic carbocycles. The lowest BCUT2D eigenvalue weighted by molar-refractivity contribution is 0.310. The Hall–Kier alpha value is -2.26. The van der Waals surface area contributed by atoms with Crippen LogP contribution in [-0.2, 0) is 6.54 Å². The highest BCUT2D eigenvalue weighted by atomic mass is 32.1. The van der Waals surface area contributed by atoms with Gasteiger partial charge in [-0.3, -0.25) is 14.0 Å². The van der Waals surface area contributed by atoms with Crippen molar-refractivity contribution in [2.75, 3.05) is 38.1 Å². The van der Waals surface area contributed by atoms with E-state index in [0.717, 1.165) is 17.6 Å². The molecule has 0 spiro atoms. The first kappa shape index (κ1) is 17.2. The zero-order valence-corrected chi connectivity index (χ0v) is 15.3. The molecule has 1 N–H and O–H groups in total. The maximum Gasteiger partial charge on any atom is 0.271 e. The van der Waals surface area contributed by atoms with Gasteiger partial charge in [0.05, 0.1) is 10.9 Å². The van der Waals surface area contributed by atoms with E-state index in [1.807, 2.05) is 7.05 Å². The molecule has 0 atom stereocenters. The Labute approximate surface area is 151 Å². The smallest absolute Gasteiger partial charge is 0.271 e. The number of anilines is 1. The van der Waals surface area contributed by atoms with Gasteiger partial charge in [0, 0.05) is 32.7 Å². The van der Waals surface area contributed by atoms with E-state index in [4.69, 9.17) is 0 Å². The van der Waals surface area contributed by atoms with E-state index in [9.17, 15) is 14.0 Å². The van der Waals surface area contributed by atoms with Gasteiger partial charge >= 0.3 is 0 Å². The highest BCUT2D eigenvalue weighted by Crippen LogP contribution is 2.32. The zero-order valence-electron chi connectivity index (χ0n) is 14.4. The summed E-state index contributed by atoms with van der Waals surface area (Å²) in [5.41, 5.74) is -1.21. The molecule has 3 heterocycles. The highest BCUT2D eigenvalue weighted by molar-refractivity contribution is 7.12. The minimum atomic E-state index is -0.773. The van der Waals surface area contributed by atoms with Crippen LogP contribution < -0.4 is 15.9 Å². The Morgan fingerprint density at radius 2 is 1.88 bits per heavy atom. The van der Waals surface area contributed by atoms with Gasteiger partial charge in [0.1, 0.15) is 21.7 Å². The lowest BCUT2D eigenvalue weighted by Crippen LogP contribution is -2.45. The number of hydrogen-bond donors (Lipinski definition) is 1. The van der Waals surface area contributed by atoms with Crippen LogP contribution in [0.2, 0.25) is 0 Å². The van der Waals surface area contributed by atoms with Gasteiger partial charge in [0.25, 0.3) is 5.56 Å². The molecule has 26 heavy (non-hydrogen) atoms. The van der Waals surface area contributed by atoms with Gasteiger partial charge in [-0.05, 0) is 31.6 Å². The summed E-state index contributed by atoms with van der Waals surface area (Å²) >= 11 is 0.994. The summed E-state index contributed by atoms with van der Waals surface area (Å²) in [7, 11) is 1.96. The van der Waals surface area contributed by atoms with E-state index in [1.165, 1.54) is 0 Å². The number of aromatic amines is 1. The molecule has 0 radical (unpaired) electrons. The molecule has 0 unspecified atom stereocenters. The average molecular weight is 380 g/mol. The summed E-state index contributed by atoms with van der Waals surface area (Å²) < 4.78 is 34.3. The van der Waals surface area contributed by atoms with Crippen molar-refractivity contribution in [1.82, 2.24) is 13.8 Å². The molecule has 138 valence electrons. The van der Waals surface area contributed by atoms with Crippen LogP contribution in [0.5, 0.6) is 0 Å². The first-order valence-corrected chi connectivity index (χ1v) is 9.24. The molecular formula is C17H18F2N4O2S. The van der Waals surface area contributed by atoms with Crippen molar-refractivity contribution in [3.8, 4) is 0 Å². The second-order valence-electron chi connectivity index (χ2n) is 6.49. The van der Waals surface area contributed by atoms with Crippen molar-refractivity contribution in [2.24, 2.45) is 0 Å². The lowest BCUT2D eigenvalue weighted by atomic mass is 10.1. The summed E-state index contributed by atoms with van der Waals surface area (Å²) in [6.45, 7) is 4.57. The molecule has 4 rings (SSSR count). The number of H-pyrrole nitrogens is 1. The highest BCUT2D eigenvalue weighted by Gasteiger charge is 2.26. The third-order valence-electron chi connectivity index (χ3n) is 4.97. The van der Waals surface area contributed by atoms with E-state index < -0.39 is 22.6 Å². The predicted octanol–water partition coefficient (Wildman–Crippen LogP) is 1.95. The maximum atomic E-state index is 15.4. The van der Waals surface area contributed by atoms with Crippen molar-refractivity contribution in [2.45, 2.75) is 13.5 Å². The molecule has 1 aliphatic rings. The monoisotopic (exact) mass is 380 g/mol. The van der Waals surface area contributed by atoms with Crippen molar-refractivity contribution in [3.05, 3.63) is 38.3 Å². The summed E-state index contributed by atoms with van der Waals surface area (Å²) in [6, 6.07) is 1.07. The molecule has 2 aromatic heterocycles. The van der Waals surface area contributed by atoms with Crippen LogP contribution in [0.15, 0.2) is 15.7 Å². The third-order valence-corrected chi connectivity index (χ3v) is 5.88. The second-order valence-corrected chi connectivity index (χ2v) is 7.29. The molecule has 0 saturated carbocycles. The fraction of sp³-hybridized carbons (Fsp3) is 0.412. The van der Waals surface area contributed by atoms with Crippen molar-refractivity contribution < 1.29 is 8.78 Å². The SMILES string of the molecule is CCn1c2s[nH]c(=O)c2c(=O)c2cc(F)c(N3CCN(C)CC3)c(F)c21. The molecule has 1 aliphatic heterocycles. The molecule has 9 heteroatoms. The fourth-order valence-electron chi connectivity index (χ4n) is 3.58. The minimum Gasteiger partial charge on any atom is -0.364 e. The number of rotatable bonds is 2. The normalized spacial score (nSPS) is 16.1. The Bertz CT molecular complexity index is 1130. The van der Waals surface area contributed by atoms with Crippen LogP contribution in [0.25, 0.3) is 21.1 Å². The number of aromatic nitrogens is 2. The molecule has 1 saturated heterocycles. The van der Waals surface area contributed by atoms with Gasteiger partial charge in [0.15, 0.2) is 5.82 Å². The van der Waals surface area contributed by atoms with Gasteiger partial charge in [-0.1, -0.05) is 0 Å². The maximum absolute atomic E-state index is 15.4. The zero-order chi connectivity index (χ0) is 18.6. The van der Waals surface area contributed by atoms with E-state index in [-0.39, 0.29) is 22.0 Å². The molecule has 1 fully saturated rings. The Kier molecular flexibility index (Phi) is 4.07. The van der Waals surface area contributed by atoms with Crippen LogP contribution in [0, 0.1) is 11.6 Å². The molecular weight excluding hydrogens is 362 g/mol. The standard InChI is InChI=1S/C17H18F2N4O2S/c1-3-23-13-9(15(24)11-16(25)20-26-17(11)23)8-10(18)14(12(13)19)22-6-4-21(2)5-7-22/h8H,3-7H2,1-2H3,(H,20,25). The number of aryl methyl sites for hydroxylation is 1. The van der Waals surface area contributed by atoms with Crippen LogP contribution in [0.3, 0.4) is 0 Å². The summed E-state index contributed by atoms with van der Waals surface area (Å²) in [5.74, 6) is -1.52. The quantitative estimate of drug-likeness (QED) is 0.738. The van der Waals surface area contributed by atoms with Crippen molar-refractivity contribution in [3.63, 3.8) is 0 Å². The molecule has 0 amide bonds. The Balaban J connectivity index is 2.07. The number of nitrogens with zero attached hydrogens (tertiary/aromatic N) is 3. The number of benzene rings is 1. The number of pyridine rings is 1. The summed E-state index contributed by atoms with van der Waals surface area (Å²) in [6.07, 6.45) is 0. The second kappa shape index (κ2) is 6.17. The number of piperazine rings is 1. The largest absolute Gasteiger partial charge is 0.364 e. The van der Waals surface area contributed by atoms with Crippen molar-refractivity contribution >= 4 is 38.3 Å². The first-order valence-electron chi connectivity index (χ1n) is 8.43. The molecule has 3 aromatic rings. The van der Waals surface area contributed by atoms with E-state index in [1.54, 1.807) is 16.4 Å². The van der Waals surface area contributed by atoms with Gasteiger partial charge in [-0.15, -0.1) is 0 Å². The van der Waals surface area contributed by atoms with Crippen molar-refractivity contribution in [1.29, 1.82) is 0 Å². The number of halogens is 2. The molecule has 6 nitrogen and oxygen atoms in total. The summed E-state index contributed by atoms with van der Waals surface area (Å²) in [5, 5.41) is -0.147. The third kappa shape index (κ3) is 2.38. The number of fused-ring (bicyclic) bond motifs is 2.